The van der Waals surface area contributed by atoms with E-state index in [-0.39, 0.29) is 6.54 Å². The van der Waals surface area contributed by atoms with Crippen molar-refractivity contribution >= 4 is 34.1 Å². The van der Waals surface area contributed by atoms with Crippen molar-refractivity contribution in [1.82, 2.24) is 24.2 Å². The number of fused-ring (bicyclic) bond motifs is 1. The Bertz CT molecular complexity index is 1300. The molecule has 1 unspecified atom stereocenters. The van der Waals surface area contributed by atoms with Gasteiger partial charge in [0.05, 0.1) is 17.4 Å². The lowest BCUT2D eigenvalue weighted by Crippen LogP contribution is -2.44. The third kappa shape index (κ3) is 4.95. The zero-order chi connectivity index (χ0) is 23.5. The fourth-order valence-electron chi connectivity index (χ4n) is 4.18. The molecule has 1 atom stereocenters. The standard InChI is InChI=1S/C24H27N7O2S/c1-29-12-14-30(15-13-29)20-8-6-19(7-9-20)27-24-25-17-21-10-11-23(31(21)28-24)22-5-3-2-4-18(22)16-26-34(32)33/h2-11,17,26H,12-16H2,1H3,(H,27,28)(H,32,33). The van der Waals surface area contributed by atoms with Crippen molar-refractivity contribution in [1.29, 1.82) is 0 Å². The molecule has 0 bridgehead atoms. The number of hydrogen-bond donors (Lipinski definition) is 3. The molecule has 1 saturated heterocycles. The predicted octanol–water partition coefficient (Wildman–Crippen LogP) is 3.12. The van der Waals surface area contributed by atoms with Crippen LogP contribution >= 0.6 is 0 Å². The van der Waals surface area contributed by atoms with Crippen LogP contribution in [0, 0.1) is 0 Å². The first-order valence-corrected chi connectivity index (χ1v) is 12.3. The minimum absolute atomic E-state index is 0.266. The maximum Gasteiger partial charge on any atom is 0.245 e. The van der Waals surface area contributed by atoms with E-state index < -0.39 is 11.3 Å². The molecule has 0 saturated carbocycles. The summed E-state index contributed by atoms with van der Waals surface area (Å²) in [5.74, 6) is 0.490. The normalized spacial score (nSPS) is 15.5. The van der Waals surface area contributed by atoms with E-state index in [1.54, 1.807) is 6.20 Å². The Hall–Kier alpha value is -3.31. The molecule has 2 aromatic heterocycles. The van der Waals surface area contributed by atoms with Crippen molar-refractivity contribution in [2.24, 2.45) is 0 Å². The summed E-state index contributed by atoms with van der Waals surface area (Å²) in [7, 11) is 2.16. The minimum atomic E-state index is -2.08. The van der Waals surface area contributed by atoms with Gasteiger partial charge in [0.15, 0.2) is 0 Å². The summed E-state index contributed by atoms with van der Waals surface area (Å²) in [5, 5.41) is 8.01. The van der Waals surface area contributed by atoms with Gasteiger partial charge in [-0.25, -0.2) is 18.4 Å². The smallest absolute Gasteiger partial charge is 0.245 e. The lowest BCUT2D eigenvalue weighted by Gasteiger charge is -2.34. The first-order valence-electron chi connectivity index (χ1n) is 11.1. The van der Waals surface area contributed by atoms with Crippen molar-refractivity contribution in [3.05, 3.63) is 72.4 Å². The molecule has 3 N–H and O–H groups in total. The SMILES string of the molecule is CN1CCN(c2ccc(Nc3ncc4ccc(-c5ccccc5CNS(=O)O)n4n3)cc2)CC1. The minimum Gasteiger partial charge on any atom is -0.369 e. The average Bonchev–Trinajstić information content (AvgIpc) is 3.27. The second-order valence-electron chi connectivity index (χ2n) is 8.33. The van der Waals surface area contributed by atoms with E-state index in [0.29, 0.717) is 5.95 Å². The van der Waals surface area contributed by atoms with Gasteiger partial charge in [-0.3, -0.25) is 4.55 Å². The Kier molecular flexibility index (Phi) is 6.54. The molecule has 176 valence electrons. The molecule has 9 nitrogen and oxygen atoms in total. The second-order valence-corrected chi connectivity index (χ2v) is 9.11. The first-order chi connectivity index (χ1) is 16.6. The molecule has 4 aromatic rings. The highest BCUT2D eigenvalue weighted by atomic mass is 32.2. The van der Waals surface area contributed by atoms with Crippen molar-refractivity contribution in [2.75, 3.05) is 43.4 Å². The molecule has 0 spiro atoms. The third-order valence-corrected chi connectivity index (χ3v) is 6.46. The fourth-order valence-corrected chi connectivity index (χ4v) is 4.46. The first kappa shape index (κ1) is 22.5. The van der Waals surface area contributed by atoms with Gasteiger partial charge in [0, 0.05) is 49.7 Å². The van der Waals surface area contributed by atoms with E-state index in [1.807, 2.05) is 53.0 Å². The highest BCUT2D eigenvalue weighted by Crippen LogP contribution is 2.26. The van der Waals surface area contributed by atoms with E-state index in [0.717, 1.165) is 54.2 Å². The molecule has 1 fully saturated rings. The van der Waals surface area contributed by atoms with Gasteiger partial charge in [0.2, 0.25) is 17.2 Å². The Labute approximate surface area is 200 Å². The zero-order valence-corrected chi connectivity index (χ0v) is 19.7. The number of nitrogens with zero attached hydrogens (tertiary/aromatic N) is 5. The number of nitrogens with one attached hydrogen (secondary N) is 2. The molecule has 5 rings (SSSR count). The van der Waals surface area contributed by atoms with Gasteiger partial charge in [0.1, 0.15) is 0 Å². The van der Waals surface area contributed by atoms with Gasteiger partial charge in [-0.05, 0) is 49.0 Å². The van der Waals surface area contributed by atoms with Crippen LogP contribution < -0.4 is 14.9 Å². The second kappa shape index (κ2) is 9.90. The average molecular weight is 478 g/mol. The van der Waals surface area contributed by atoms with E-state index in [2.05, 4.69) is 44.0 Å². The Morgan fingerprint density at radius 3 is 2.53 bits per heavy atom. The molecule has 0 amide bonds. The number of piperazine rings is 1. The molecule has 3 heterocycles. The molecular weight excluding hydrogens is 450 g/mol. The van der Waals surface area contributed by atoms with Crippen LogP contribution in [-0.4, -0.2) is 61.5 Å². The quantitative estimate of drug-likeness (QED) is 0.352. The molecule has 34 heavy (non-hydrogen) atoms. The van der Waals surface area contributed by atoms with Crippen LogP contribution in [0.3, 0.4) is 0 Å². The van der Waals surface area contributed by atoms with Gasteiger partial charge in [-0.1, -0.05) is 24.3 Å². The van der Waals surface area contributed by atoms with E-state index in [1.165, 1.54) is 5.69 Å². The fraction of sp³-hybridized carbons (Fsp3) is 0.250. The van der Waals surface area contributed by atoms with Crippen LogP contribution in [0.4, 0.5) is 17.3 Å². The van der Waals surface area contributed by atoms with Crippen molar-refractivity contribution < 1.29 is 8.76 Å². The van der Waals surface area contributed by atoms with Crippen LogP contribution in [0.1, 0.15) is 5.56 Å². The Morgan fingerprint density at radius 2 is 1.76 bits per heavy atom. The van der Waals surface area contributed by atoms with Gasteiger partial charge in [0.25, 0.3) is 0 Å². The van der Waals surface area contributed by atoms with Gasteiger partial charge in [-0.2, -0.15) is 0 Å². The maximum atomic E-state index is 11.1. The number of benzene rings is 2. The molecule has 10 heteroatoms. The lowest BCUT2D eigenvalue weighted by molar-refractivity contribution is 0.313. The maximum absolute atomic E-state index is 11.1. The molecule has 2 aromatic carbocycles. The summed E-state index contributed by atoms with van der Waals surface area (Å²) in [4.78, 5) is 9.21. The summed E-state index contributed by atoms with van der Waals surface area (Å²) in [6.07, 6.45) is 1.78. The molecule has 1 aliphatic heterocycles. The molecule has 1 aliphatic rings. The lowest BCUT2D eigenvalue weighted by atomic mass is 10.1. The number of likely N-dealkylation sites (N-methyl/N-ethyl adjacent to an activating group) is 1. The van der Waals surface area contributed by atoms with Gasteiger partial charge >= 0.3 is 0 Å². The van der Waals surface area contributed by atoms with E-state index in [9.17, 15) is 4.21 Å². The van der Waals surface area contributed by atoms with Crippen LogP contribution in [0.15, 0.2) is 66.9 Å². The van der Waals surface area contributed by atoms with Crippen LogP contribution in [0.25, 0.3) is 16.8 Å². The Morgan fingerprint density at radius 1 is 1.00 bits per heavy atom. The number of rotatable bonds is 7. The summed E-state index contributed by atoms with van der Waals surface area (Å²) >= 11 is -2.08. The molecular formula is C24H27N7O2S. The summed E-state index contributed by atoms with van der Waals surface area (Å²) in [6.45, 7) is 4.48. The van der Waals surface area contributed by atoms with Gasteiger partial charge < -0.3 is 15.1 Å². The van der Waals surface area contributed by atoms with Gasteiger partial charge in [-0.15, -0.1) is 5.10 Å². The largest absolute Gasteiger partial charge is 0.369 e. The third-order valence-electron chi connectivity index (χ3n) is 6.07. The molecule has 0 aliphatic carbocycles. The zero-order valence-electron chi connectivity index (χ0n) is 18.9. The number of aromatic nitrogens is 3. The topological polar surface area (TPSA) is 98.0 Å². The van der Waals surface area contributed by atoms with Crippen LogP contribution in [0.2, 0.25) is 0 Å². The number of hydrogen-bond acceptors (Lipinski definition) is 6. The van der Waals surface area contributed by atoms with E-state index >= 15 is 0 Å². The Balaban J connectivity index is 1.37. The monoisotopic (exact) mass is 477 g/mol. The highest BCUT2D eigenvalue weighted by Gasteiger charge is 2.15. The number of anilines is 3. The van der Waals surface area contributed by atoms with Crippen molar-refractivity contribution in [2.45, 2.75) is 6.54 Å². The van der Waals surface area contributed by atoms with Crippen molar-refractivity contribution in [3.63, 3.8) is 0 Å². The summed E-state index contributed by atoms with van der Waals surface area (Å²) in [6, 6.07) is 20.0. The summed E-state index contributed by atoms with van der Waals surface area (Å²) in [5.41, 5.74) is 5.71. The summed E-state index contributed by atoms with van der Waals surface area (Å²) < 4.78 is 24.6. The molecule has 0 radical (unpaired) electrons. The predicted molar refractivity (Wildman–Crippen MR) is 135 cm³/mol. The highest BCUT2D eigenvalue weighted by molar-refractivity contribution is 7.77. The van der Waals surface area contributed by atoms with E-state index in [4.69, 9.17) is 9.65 Å². The van der Waals surface area contributed by atoms with Crippen LogP contribution in [0.5, 0.6) is 0 Å². The van der Waals surface area contributed by atoms with Crippen LogP contribution in [-0.2, 0) is 17.8 Å². The van der Waals surface area contributed by atoms with Crippen molar-refractivity contribution in [3.8, 4) is 11.3 Å².